The van der Waals surface area contributed by atoms with Gasteiger partial charge in [-0.15, -0.1) is 0 Å². The summed E-state index contributed by atoms with van der Waals surface area (Å²) in [5.74, 6) is 1.34. The molecule has 0 unspecified atom stereocenters. The Labute approximate surface area is 112 Å². The number of nitrogens with one attached hydrogen (secondary N) is 1. The van der Waals surface area contributed by atoms with Gasteiger partial charge in [0.25, 0.3) is 0 Å². The molecular formula is C15H27N3. The minimum atomic E-state index is 0.659. The standard InChI is InChI=1S/C15H27N3/c1-12(2)8-17-9-14-6-7-16-10-15(14)18(5)11-13(3)4/h6-7,10,12-13,17H,8-9,11H2,1-5H3. The lowest BCUT2D eigenvalue weighted by atomic mass is 10.1. The molecule has 0 atom stereocenters. The van der Waals surface area contributed by atoms with E-state index in [1.165, 1.54) is 11.3 Å². The van der Waals surface area contributed by atoms with Crippen LogP contribution >= 0.6 is 0 Å². The van der Waals surface area contributed by atoms with Crippen molar-refractivity contribution >= 4 is 5.69 Å². The zero-order chi connectivity index (χ0) is 13.5. The Hall–Kier alpha value is -1.09. The van der Waals surface area contributed by atoms with E-state index in [1.54, 1.807) is 0 Å². The quantitative estimate of drug-likeness (QED) is 0.805. The van der Waals surface area contributed by atoms with Crippen molar-refractivity contribution in [1.29, 1.82) is 0 Å². The van der Waals surface area contributed by atoms with Gasteiger partial charge in [0.2, 0.25) is 0 Å². The SMILES string of the molecule is CC(C)CNCc1ccncc1N(C)CC(C)C. The molecule has 0 aliphatic carbocycles. The van der Waals surface area contributed by atoms with Crippen LogP contribution in [-0.4, -0.2) is 25.1 Å². The van der Waals surface area contributed by atoms with Gasteiger partial charge < -0.3 is 10.2 Å². The molecule has 3 heteroatoms. The zero-order valence-corrected chi connectivity index (χ0v) is 12.4. The number of nitrogens with zero attached hydrogens (tertiary/aromatic N) is 2. The van der Waals surface area contributed by atoms with Crippen LogP contribution in [0.25, 0.3) is 0 Å². The fourth-order valence-corrected chi connectivity index (χ4v) is 2.05. The Bertz CT molecular complexity index is 347. The maximum atomic E-state index is 4.25. The lowest BCUT2D eigenvalue weighted by Gasteiger charge is -2.24. The maximum Gasteiger partial charge on any atom is 0.0595 e. The lowest BCUT2D eigenvalue weighted by Crippen LogP contribution is -2.26. The normalized spacial score (nSPS) is 11.3. The van der Waals surface area contributed by atoms with Crippen molar-refractivity contribution in [3.8, 4) is 0 Å². The average molecular weight is 249 g/mol. The van der Waals surface area contributed by atoms with Gasteiger partial charge in [-0.1, -0.05) is 27.7 Å². The van der Waals surface area contributed by atoms with E-state index in [-0.39, 0.29) is 0 Å². The van der Waals surface area contributed by atoms with E-state index >= 15 is 0 Å². The summed E-state index contributed by atoms with van der Waals surface area (Å²) in [5, 5.41) is 3.50. The number of hydrogen-bond donors (Lipinski definition) is 1. The Kier molecular flexibility index (Phi) is 6.13. The molecule has 18 heavy (non-hydrogen) atoms. The largest absolute Gasteiger partial charge is 0.373 e. The molecular weight excluding hydrogens is 222 g/mol. The van der Waals surface area contributed by atoms with Gasteiger partial charge in [0.1, 0.15) is 0 Å². The first kappa shape index (κ1) is 15.0. The number of anilines is 1. The Morgan fingerprint density at radius 1 is 1.22 bits per heavy atom. The zero-order valence-electron chi connectivity index (χ0n) is 12.4. The topological polar surface area (TPSA) is 28.2 Å². The van der Waals surface area contributed by atoms with E-state index in [0.717, 1.165) is 19.6 Å². The molecule has 0 fully saturated rings. The van der Waals surface area contributed by atoms with Crippen molar-refractivity contribution in [3.63, 3.8) is 0 Å². The fraction of sp³-hybridized carbons (Fsp3) is 0.667. The lowest BCUT2D eigenvalue weighted by molar-refractivity contribution is 0.551. The molecule has 1 aromatic heterocycles. The van der Waals surface area contributed by atoms with E-state index in [1.807, 2.05) is 12.4 Å². The minimum Gasteiger partial charge on any atom is -0.373 e. The predicted molar refractivity (Wildman–Crippen MR) is 78.9 cm³/mol. The summed E-state index contributed by atoms with van der Waals surface area (Å²) in [4.78, 5) is 6.54. The van der Waals surface area contributed by atoms with Crippen LogP contribution in [0.15, 0.2) is 18.5 Å². The van der Waals surface area contributed by atoms with Crippen molar-refractivity contribution < 1.29 is 0 Å². The van der Waals surface area contributed by atoms with Gasteiger partial charge in [-0.05, 0) is 30.0 Å². The molecule has 0 aliphatic heterocycles. The highest BCUT2D eigenvalue weighted by Gasteiger charge is 2.08. The molecule has 0 amide bonds. The smallest absolute Gasteiger partial charge is 0.0595 e. The molecule has 1 rings (SSSR count). The summed E-state index contributed by atoms with van der Waals surface area (Å²) < 4.78 is 0. The first-order valence-electron chi connectivity index (χ1n) is 6.85. The highest BCUT2D eigenvalue weighted by Crippen LogP contribution is 2.18. The van der Waals surface area contributed by atoms with Crippen LogP contribution in [0.2, 0.25) is 0 Å². The molecule has 1 N–H and O–H groups in total. The molecule has 0 aromatic carbocycles. The van der Waals surface area contributed by atoms with Crippen LogP contribution < -0.4 is 10.2 Å². The van der Waals surface area contributed by atoms with Crippen molar-refractivity contribution in [2.45, 2.75) is 34.2 Å². The molecule has 0 saturated heterocycles. The van der Waals surface area contributed by atoms with Crippen LogP contribution in [0.3, 0.4) is 0 Å². The van der Waals surface area contributed by atoms with Crippen LogP contribution in [0.4, 0.5) is 5.69 Å². The minimum absolute atomic E-state index is 0.659. The second kappa shape index (κ2) is 7.37. The summed E-state index contributed by atoms with van der Waals surface area (Å²) >= 11 is 0. The van der Waals surface area contributed by atoms with Crippen molar-refractivity contribution in [3.05, 3.63) is 24.0 Å². The van der Waals surface area contributed by atoms with Crippen molar-refractivity contribution in [2.75, 3.05) is 25.0 Å². The Balaban J connectivity index is 2.66. The molecule has 1 heterocycles. The molecule has 0 spiro atoms. The summed E-state index contributed by atoms with van der Waals surface area (Å²) in [6, 6.07) is 2.11. The Morgan fingerprint density at radius 2 is 1.94 bits per heavy atom. The highest BCUT2D eigenvalue weighted by atomic mass is 15.1. The van der Waals surface area contributed by atoms with E-state index in [0.29, 0.717) is 11.8 Å². The highest BCUT2D eigenvalue weighted by molar-refractivity contribution is 5.50. The number of pyridine rings is 1. The predicted octanol–water partition coefficient (Wildman–Crippen LogP) is 2.92. The van der Waals surface area contributed by atoms with Gasteiger partial charge in [-0.3, -0.25) is 4.98 Å². The van der Waals surface area contributed by atoms with Crippen LogP contribution in [0.1, 0.15) is 33.3 Å². The first-order chi connectivity index (χ1) is 8.50. The second-order valence-corrected chi connectivity index (χ2v) is 5.80. The van der Waals surface area contributed by atoms with Gasteiger partial charge in [0.15, 0.2) is 0 Å². The van der Waals surface area contributed by atoms with Crippen LogP contribution in [0, 0.1) is 11.8 Å². The first-order valence-corrected chi connectivity index (χ1v) is 6.85. The Morgan fingerprint density at radius 3 is 2.56 bits per heavy atom. The van der Waals surface area contributed by atoms with Crippen LogP contribution in [-0.2, 0) is 6.54 Å². The third-order valence-corrected chi connectivity index (χ3v) is 2.81. The summed E-state index contributed by atoms with van der Waals surface area (Å²) in [6.45, 7) is 12.0. The summed E-state index contributed by atoms with van der Waals surface area (Å²) in [6.07, 6.45) is 3.84. The summed E-state index contributed by atoms with van der Waals surface area (Å²) in [5.41, 5.74) is 2.57. The molecule has 0 saturated carbocycles. The molecule has 3 nitrogen and oxygen atoms in total. The van der Waals surface area contributed by atoms with Gasteiger partial charge in [-0.25, -0.2) is 0 Å². The third kappa shape index (κ3) is 5.05. The molecule has 102 valence electrons. The molecule has 1 aromatic rings. The average Bonchev–Trinajstić information content (AvgIpc) is 2.28. The van der Waals surface area contributed by atoms with Gasteiger partial charge in [-0.2, -0.15) is 0 Å². The monoisotopic (exact) mass is 249 g/mol. The second-order valence-electron chi connectivity index (χ2n) is 5.80. The van der Waals surface area contributed by atoms with Gasteiger partial charge >= 0.3 is 0 Å². The van der Waals surface area contributed by atoms with Crippen molar-refractivity contribution in [1.82, 2.24) is 10.3 Å². The van der Waals surface area contributed by atoms with E-state index in [4.69, 9.17) is 0 Å². The third-order valence-electron chi connectivity index (χ3n) is 2.81. The molecule has 0 bridgehead atoms. The molecule has 0 radical (unpaired) electrons. The molecule has 0 aliphatic rings. The summed E-state index contributed by atoms with van der Waals surface area (Å²) in [7, 11) is 2.14. The number of hydrogen-bond acceptors (Lipinski definition) is 3. The number of aromatic nitrogens is 1. The fourth-order valence-electron chi connectivity index (χ4n) is 2.05. The van der Waals surface area contributed by atoms with E-state index in [9.17, 15) is 0 Å². The van der Waals surface area contributed by atoms with Gasteiger partial charge in [0, 0.05) is 26.3 Å². The maximum absolute atomic E-state index is 4.25. The van der Waals surface area contributed by atoms with Crippen molar-refractivity contribution in [2.24, 2.45) is 11.8 Å². The van der Waals surface area contributed by atoms with E-state index in [2.05, 4.69) is 56.0 Å². The van der Waals surface area contributed by atoms with Gasteiger partial charge in [0.05, 0.1) is 11.9 Å². The number of rotatable bonds is 7. The van der Waals surface area contributed by atoms with Crippen LogP contribution in [0.5, 0.6) is 0 Å². The van der Waals surface area contributed by atoms with E-state index < -0.39 is 0 Å².